The van der Waals surface area contributed by atoms with Crippen molar-refractivity contribution in [3.05, 3.63) is 0 Å². The molecule has 14 heavy (non-hydrogen) atoms. The molecule has 3 heteroatoms. The van der Waals surface area contributed by atoms with Crippen molar-refractivity contribution < 1.29 is 0 Å². The predicted octanol–water partition coefficient (Wildman–Crippen LogP) is 1.57. The molecule has 0 saturated carbocycles. The van der Waals surface area contributed by atoms with Crippen LogP contribution in [-0.2, 0) is 0 Å². The molecule has 0 spiro atoms. The van der Waals surface area contributed by atoms with Crippen molar-refractivity contribution in [1.82, 2.24) is 10.2 Å². The van der Waals surface area contributed by atoms with Crippen LogP contribution in [0.15, 0.2) is 0 Å². The van der Waals surface area contributed by atoms with Crippen LogP contribution in [-0.4, -0.2) is 48.6 Å². The third-order valence-electron chi connectivity index (χ3n) is 3.21. The highest BCUT2D eigenvalue weighted by molar-refractivity contribution is 7.99. The second kappa shape index (κ2) is 5.99. The molecular weight excluding hydrogens is 192 g/mol. The molecule has 1 atom stereocenters. The zero-order valence-corrected chi connectivity index (χ0v) is 9.82. The molecule has 2 nitrogen and oxygen atoms in total. The molecular formula is C11H22N2S. The normalized spacial score (nSPS) is 28.7. The Morgan fingerprint density at radius 3 is 2.86 bits per heavy atom. The molecule has 0 radical (unpaired) electrons. The average Bonchev–Trinajstić information content (AvgIpc) is 2.86. The molecule has 2 aliphatic rings. The molecule has 2 rings (SSSR count). The highest BCUT2D eigenvalue weighted by Crippen LogP contribution is 2.16. The zero-order chi connectivity index (χ0) is 9.64. The molecule has 82 valence electrons. The molecule has 0 aromatic heterocycles. The second-order valence-electron chi connectivity index (χ2n) is 4.42. The van der Waals surface area contributed by atoms with E-state index in [-0.39, 0.29) is 0 Å². The summed E-state index contributed by atoms with van der Waals surface area (Å²) in [4.78, 5) is 2.60. The summed E-state index contributed by atoms with van der Waals surface area (Å²) >= 11 is 2.09. The van der Waals surface area contributed by atoms with Gasteiger partial charge in [-0.3, -0.25) is 0 Å². The molecule has 0 aliphatic carbocycles. The molecule has 0 aromatic carbocycles. The van der Waals surface area contributed by atoms with E-state index in [1.54, 1.807) is 0 Å². The first kappa shape index (κ1) is 10.8. The fraction of sp³-hybridized carbons (Fsp3) is 1.00. The van der Waals surface area contributed by atoms with Gasteiger partial charge in [-0.05, 0) is 57.6 Å². The van der Waals surface area contributed by atoms with Crippen LogP contribution in [0.1, 0.15) is 25.7 Å². The smallest absolute Gasteiger partial charge is 0.0166 e. The van der Waals surface area contributed by atoms with E-state index in [0.717, 1.165) is 6.04 Å². The van der Waals surface area contributed by atoms with Crippen molar-refractivity contribution in [3.63, 3.8) is 0 Å². The van der Waals surface area contributed by atoms with Gasteiger partial charge in [0.05, 0.1) is 0 Å². The van der Waals surface area contributed by atoms with Crippen molar-refractivity contribution >= 4 is 11.8 Å². The van der Waals surface area contributed by atoms with Crippen LogP contribution in [0.4, 0.5) is 0 Å². The topological polar surface area (TPSA) is 15.3 Å². The number of rotatable bonds is 5. The van der Waals surface area contributed by atoms with E-state index < -0.39 is 0 Å². The standard InChI is InChI=1S/C11H22N2S/c1-2-7-13(6-1)8-3-5-12-11-4-9-14-10-11/h11-12H,1-10H2. The van der Waals surface area contributed by atoms with Crippen LogP contribution in [0.3, 0.4) is 0 Å². The molecule has 1 N–H and O–H groups in total. The molecule has 2 aliphatic heterocycles. The highest BCUT2D eigenvalue weighted by Gasteiger charge is 2.14. The van der Waals surface area contributed by atoms with Gasteiger partial charge in [-0.1, -0.05) is 0 Å². The van der Waals surface area contributed by atoms with Crippen LogP contribution in [0, 0.1) is 0 Å². The first-order valence-corrected chi connectivity index (χ1v) is 7.14. The SMILES string of the molecule is C1CCN(CCCNC2CCSC2)C1. The van der Waals surface area contributed by atoms with Crippen LogP contribution in [0.25, 0.3) is 0 Å². The van der Waals surface area contributed by atoms with Crippen molar-refractivity contribution in [2.24, 2.45) is 0 Å². The molecule has 2 heterocycles. The Bertz CT molecular complexity index is 133. The summed E-state index contributed by atoms with van der Waals surface area (Å²) in [5.41, 5.74) is 0. The minimum absolute atomic E-state index is 0.818. The summed E-state index contributed by atoms with van der Waals surface area (Å²) in [5, 5.41) is 3.66. The number of hydrogen-bond acceptors (Lipinski definition) is 3. The summed E-state index contributed by atoms with van der Waals surface area (Å²) in [6, 6.07) is 0.818. The van der Waals surface area contributed by atoms with Crippen LogP contribution < -0.4 is 5.32 Å². The second-order valence-corrected chi connectivity index (χ2v) is 5.57. The van der Waals surface area contributed by atoms with Crippen LogP contribution in [0.5, 0.6) is 0 Å². The quantitative estimate of drug-likeness (QED) is 0.699. The summed E-state index contributed by atoms with van der Waals surface area (Å²) in [7, 11) is 0. The number of hydrogen-bond donors (Lipinski definition) is 1. The van der Waals surface area contributed by atoms with Crippen LogP contribution >= 0.6 is 11.8 Å². The van der Waals surface area contributed by atoms with Gasteiger partial charge in [0.1, 0.15) is 0 Å². The van der Waals surface area contributed by atoms with E-state index in [4.69, 9.17) is 0 Å². The Morgan fingerprint density at radius 2 is 2.14 bits per heavy atom. The lowest BCUT2D eigenvalue weighted by atomic mass is 10.2. The third kappa shape index (κ3) is 3.44. The predicted molar refractivity (Wildman–Crippen MR) is 64.0 cm³/mol. The van der Waals surface area contributed by atoms with Gasteiger partial charge in [-0.15, -0.1) is 0 Å². The Hall–Kier alpha value is 0.270. The van der Waals surface area contributed by atoms with Gasteiger partial charge in [0.25, 0.3) is 0 Å². The maximum absolute atomic E-state index is 3.66. The fourth-order valence-electron chi connectivity index (χ4n) is 2.31. The fourth-order valence-corrected chi connectivity index (χ4v) is 3.50. The Labute approximate surface area is 91.8 Å². The van der Waals surface area contributed by atoms with E-state index >= 15 is 0 Å². The van der Waals surface area contributed by atoms with Crippen LogP contribution in [0.2, 0.25) is 0 Å². The highest BCUT2D eigenvalue weighted by atomic mass is 32.2. The maximum Gasteiger partial charge on any atom is 0.0166 e. The number of thioether (sulfide) groups is 1. The molecule has 2 saturated heterocycles. The van der Waals surface area contributed by atoms with Crippen molar-refractivity contribution in [1.29, 1.82) is 0 Å². The maximum atomic E-state index is 3.66. The zero-order valence-electron chi connectivity index (χ0n) is 9.00. The van der Waals surface area contributed by atoms with E-state index in [1.165, 1.54) is 63.4 Å². The average molecular weight is 214 g/mol. The molecule has 0 bridgehead atoms. The number of nitrogens with one attached hydrogen (secondary N) is 1. The van der Waals surface area contributed by atoms with E-state index in [2.05, 4.69) is 22.0 Å². The molecule has 0 aromatic rings. The first-order chi connectivity index (χ1) is 6.95. The minimum atomic E-state index is 0.818. The Kier molecular flexibility index (Phi) is 4.61. The molecule has 0 amide bonds. The van der Waals surface area contributed by atoms with Crippen molar-refractivity contribution in [2.45, 2.75) is 31.7 Å². The molecule has 2 fully saturated rings. The Balaban J connectivity index is 1.46. The number of nitrogens with zero attached hydrogens (tertiary/aromatic N) is 1. The summed E-state index contributed by atoms with van der Waals surface area (Å²) in [6.07, 6.45) is 5.56. The van der Waals surface area contributed by atoms with Gasteiger partial charge >= 0.3 is 0 Å². The summed E-state index contributed by atoms with van der Waals surface area (Å²) in [6.45, 7) is 5.23. The first-order valence-electron chi connectivity index (χ1n) is 5.98. The van der Waals surface area contributed by atoms with E-state index in [9.17, 15) is 0 Å². The van der Waals surface area contributed by atoms with Gasteiger partial charge in [0.15, 0.2) is 0 Å². The minimum Gasteiger partial charge on any atom is -0.313 e. The lowest BCUT2D eigenvalue weighted by Crippen LogP contribution is -2.31. The Morgan fingerprint density at radius 1 is 1.29 bits per heavy atom. The molecule has 1 unspecified atom stereocenters. The van der Waals surface area contributed by atoms with Gasteiger partial charge in [0.2, 0.25) is 0 Å². The lowest BCUT2D eigenvalue weighted by molar-refractivity contribution is 0.328. The van der Waals surface area contributed by atoms with E-state index in [0.29, 0.717) is 0 Å². The number of likely N-dealkylation sites (tertiary alicyclic amines) is 1. The van der Waals surface area contributed by atoms with Gasteiger partial charge in [0, 0.05) is 11.8 Å². The summed E-state index contributed by atoms with van der Waals surface area (Å²) in [5.74, 6) is 2.70. The van der Waals surface area contributed by atoms with Gasteiger partial charge < -0.3 is 10.2 Å². The van der Waals surface area contributed by atoms with Crippen molar-refractivity contribution in [3.8, 4) is 0 Å². The monoisotopic (exact) mass is 214 g/mol. The lowest BCUT2D eigenvalue weighted by Gasteiger charge is -2.16. The van der Waals surface area contributed by atoms with Crippen molar-refractivity contribution in [2.75, 3.05) is 37.7 Å². The summed E-state index contributed by atoms with van der Waals surface area (Å²) < 4.78 is 0. The third-order valence-corrected chi connectivity index (χ3v) is 4.37. The van der Waals surface area contributed by atoms with Gasteiger partial charge in [-0.25, -0.2) is 0 Å². The largest absolute Gasteiger partial charge is 0.313 e. The van der Waals surface area contributed by atoms with Gasteiger partial charge in [-0.2, -0.15) is 11.8 Å². The van der Waals surface area contributed by atoms with E-state index in [1.807, 2.05) is 0 Å².